The van der Waals surface area contributed by atoms with Crippen molar-refractivity contribution in [2.45, 2.75) is 52.2 Å². The molecule has 9 heteroatoms. The highest BCUT2D eigenvalue weighted by Gasteiger charge is 2.42. The Balaban J connectivity index is 1.44. The maximum atomic E-state index is 14.1. The van der Waals surface area contributed by atoms with E-state index in [4.69, 9.17) is 4.74 Å². The van der Waals surface area contributed by atoms with Crippen LogP contribution in [0, 0.1) is 5.92 Å². The highest BCUT2D eigenvalue weighted by molar-refractivity contribution is 6.20. The Morgan fingerprint density at radius 1 is 0.809 bits per heavy atom. The normalized spacial score (nSPS) is 15.4. The summed E-state index contributed by atoms with van der Waals surface area (Å²) in [7, 11) is 0. The monoisotopic (exact) mass is 633 g/mol. The lowest BCUT2D eigenvalue weighted by Gasteiger charge is -2.26. The minimum absolute atomic E-state index is 0.0613. The maximum absolute atomic E-state index is 14.1. The third-order valence-corrected chi connectivity index (χ3v) is 7.95. The van der Waals surface area contributed by atoms with Crippen LogP contribution in [0.4, 0.5) is 21.9 Å². The van der Waals surface area contributed by atoms with Gasteiger partial charge in [-0.25, -0.2) is 4.79 Å². The molecule has 0 saturated carbocycles. The van der Waals surface area contributed by atoms with Crippen LogP contribution in [0.15, 0.2) is 103 Å². The van der Waals surface area contributed by atoms with Crippen LogP contribution in [-0.2, 0) is 25.7 Å². The fourth-order valence-electron chi connectivity index (χ4n) is 5.58. The number of hydrogen-bond donors (Lipinski definition) is 2. The first-order valence-corrected chi connectivity index (χ1v) is 15.6. The van der Waals surface area contributed by atoms with E-state index in [2.05, 4.69) is 5.32 Å². The Kier molecular flexibility index (Phi) is 9.75. The molecule has 0 spiro atoms. The quantitative estimate of drug-likeness (QED) is 0.187. The molecule has 4 aromatic carbocycles. The number of nitrogens with zero attached hydrogens (tertiary/aromatic N) is 2. The first-order valence-electron chi connectivity index (χ1n) is 15.6. The van der Waals surface area contributed by atoms with Crippen molar-refractivity contribution >= 4 is 40.9 Å². The van der Waals surface area contributed by atoms with E-state index in [9.17, 15) is 24.3 Å². The molecule has 1 aliphatic heterocycles. The summed E-state index contributed by atoms with van der Waals surface area (Å²) >= 11 is 0. The molecule has 242 valence electrons. The standard InChI is InChI=1S/C38H39N3O6/c1-25(23-39-37(46)47-38(2,3)4)27-18-20-30(21-19-27)41-33-13-9-8-12-32(33)40(35(44)31(36(41)45)22-34(42)43)24-26-14-16-29(17-15-26)28-10-6-5-7-11-28/h5-21,25,31H,22-24H2,1-4H3,(H,39,46)(H,42,43). The predicted octanol–water partition coefficient (Wildman–Crippen LogP) is 7.28. The van der Waals surface area contributed by atoms with Crippen LogP contribution >= 0.6 is 0 Å². The van der Waals surface area contributed by atoms with Crippen molar-refractivity contribution < 1.29 is 29.0 Å². The Morgan fingerprint density at radius 3 is 2.02 bits per heavy atom. The summed E-state index contributed by atoms with van der Waals surface area (Å²) in [4.78, 5) is 55.2. The van der Waals surface area contributed by atoms with Gasteiger partial charge < -0.3 is 20.1 Å². The van der Waals surface area contributed by atoms with Crippen LogP contribution in [0.1, 0.15) is 51.2 Å². The lowest BCUT2D eigenvalue weighted by Crippen LogP contribution is -2.41. The van der Waals surface area contributed by atoms with E-state index < -0.39 is 41.8 Å². The van der Waals surface area contributed by atoms with E-state index >= 15 is 0 Å². The topological polar surface area (TPSA) is 116 Å². The summed E-state index contributed by atoms with van der Waals surface area (Å²) in [6, 6.07) is 32.2. The molecule has 3 amide bonds. The molecule has 2 N–H and O–H groups in total. The van der Waals surface area contributed by atoms with Gasteiger partial charge in [-0.05, 0) is 73.2 Å². The van der Waals surface area contributed by atoms with Crippen LogP contribution < -0.4 is 15.1 Å². The number of carboxylic acids is 1. The molecule has 47 heavy (non-hydrogen) atoms. The number of hydrogen-bond acceptors (Lipinski definition) is 5. The highest BCUT2D eigenvalue weighted by Crippen LogP contribution is 2.41. The average Bonchev–Trinajstić information content (AvgIpc) is 3.12. The number of fused-ring (bicyclic) bond motifs is 1. The van der Waals surface area contributed by atoms with E-state index in [1.807, 2.05) is 73.7 Å². The predicted molar refractivity (Wildman–Crippen MR) is 181 cm³/mol. The summed E-state index contributed by atoms with van der Waals surface area (Å²) < 4.78 is 5.33. The highest BCUT2D eigenvalue weighted by atomic mass is 16.6. The van der Waals surface area contributed by atoms with Crippen molar-refractivity contribution in [2.75, 3.05) is 16.3 Å². The molecule has 0 bridgehead atoms. The Morgan fingerprint density at radius 2 is 1.40 bits per heavy atom. The van der Waals surface area contributed by atoms with Crippen molar-refractivity contribution in [1.29, 1.82) is 0 Å². The van der Waals surface area contributed by atoms with Gasteiger partial charge in [0.15, 0.2) is 0 Å². The summed E-state index contributed by atoms with van der Waals surface area (Å²) in [5.41, 5.74) is 4.72. The smallest absolute Gasteiger partial charge is 0.407 e. The van der Waals surface area contributed by atoms with Crippen molar-refractivity contribution in [3.05, 3.63) is 114 Å². The summed E-state index contributed by atoms with van der Waals surface area (Å²) in [5, 5.41) is 12.5. The molecule has 4 aromatic rings. The fourth-order valence-corrected chi connectivity index (χ4v) is 5.58. The summed E-state index contributed by atoms with van der Waals surface area (Å²) in [6.07, 6.45) is -1.14. The van der Waals surface area contributed by atoms with Crippen molar-refractivity contribution in [3.8, 4) is 11.1 Å². The SMILES string of the molecule is CC(CNC(=O)OC(C)(C)C)c1ccc(N2C(=O)C(CC(=O)O)C(=O)N(Cc3ccc(-c4ccccc4)cc3)c3ccccc32)cc1. The van der Waals surface area contributed by atoms with Crippen LogP contribution in [0.5, 0.6) is 0 Å². The van der Waals surface area contributed by atoms with E-state index in [1.54, 1.807) is 57.2 Å². The lowest BCUT2D eigenvalue weighted by atomic mass is 9.99. The number of nitrogens with one attached hydrogen (secondary N) is 1. The number of benzene rings is 4. The van der Waals surface area contributed by atoms with Gasteiger partial charge in [-0.2, -0.15) is 0 Å². The van der Waals surface area contributed by atoms with Crippen molar-refractivity contribution in [3.63, 3.8) is 0 Å². The molecule has 1 heterocycles. The molecular weight excluding hydrogens is 594 g/mol. The fraction of sp³-hybridized carbons (Fsp3) is 0.263. The molecule has 2 atom stereocenters. The Bertz CT molecular complexity index is 1750. The van der Waals surface area contributed by atoms with Crippen molar-refractivity contribution in [1.82, 2.24) is 5.32 Å². The van der Waals surface area contributed by atoms with Gasteiger partial charge in [-0.15, -0.1) is 0 Å². The number of carboxylic acid groups (broad SMARTS) is 1. The molecule has 9 nitrogen and oxygen atoms in total. The minimum atomic E-state index is -1.43. The molecule has 0 fully saturated rings. The number of rotatable bonds is 9. The molecular formula is C38H39N3O6. The van der Waals surface area contributed by atoms with Crippen molar-refractivity contribution in [2.24, 2.45) is 5.92 Å². The number of amides is 3. The third kappa shape index (κ3) is 7.87. The molecule has 5 rings (SSSR count). The molecule has 0 aliphatic carbocycles. The van der Waals surface area contributed by atoms with Gasteiger partial charge in [-0.1, -0.05) is 85.8 Å². The van der Waals surface area contributed by atoms with E-state index in [0.717, 1.165) is 22.3 Å². The third-order valence-electron chi connectivity index (χ3n) is 7.95. The number of alkyl carbamates (subject to hydrolysis) is 1. The zero-order chi connectivity index (χ0) is 33.7. The minimum Gasteiger partial charge on any atom is -0.481 e. The second-order valence-corrected chi connectivity index (χ2v) is 12.7. The average molecular weight is 634 g/mol. The molecule has 2 unspecified atom stereocenters. The van der Waals surface area contributed by atoms with Gasteiger partial charge in [0.25, 0.3) is 0 Å². The Hall–Kier alpha value is -5.44. The number of para-hydroxylation sites is 2. The zero-order valence-corrected chi connectivity index (χ0v) is 27.0. The number of aliphatic carboxylic acids is 1. The van der Waals surface area contributed by atoms with E-state index in [0.29, 0.717) is 23.6 Å². The molecule has 0 saturated heterocycles. The number of carbonyl (C=O) groups is 4. The number of anilines is 3. The first-order chi connectivity index (χ1) is 22.4. The molecule has 0 radical (unpaired) electrons. The van der Waals surface area contributed by atoms with Gasteiger partial charge in [0.1, 0.15) is 11.5 Å². The van der Waals surface area contributed by atoms with Gasteiger partial charge in [0.2, 0.25) is 11.8 Å². The van der Waals surface area contributed by atoms with Crippen LogP contribution in [0.2, 0.25) is 0 Å². The lowest BCUT2D eigenvalue weighted by molar-refractivity contribution is -0.144. The van der Waals surface area contributed by atoms with Crippen LogP contribution in [-0.4, -0.2) is 41.1 Å². The second-order valence-electron chi connectivity index (χ2n) is 12.7. The van der Waals surface area contributed by atoms with E-state index in [1.165, 1.54) is 9.80 Å². The van der Waals surface area contributed by atoms with E-state index in [-0.39, 0.29) is 12.5 Å². The summed E-state index contributed by atoms with van der Waals surface area (Å²) in [6.45, 7) is 7.86. The van der Waals surface area contributed by atoms with Gasteiger partial charge in [-0.3, -0.25) is 19.3 Å². The maximum Gasteiger partial charge on any atom is 0.407 e. The van der Waals surface area contributed by atoms with Gasteiger partial charge >= 0.3 is 12.1 Å². The zero-order valence-electron chi connectivity index (χ0n) is 27.0. The largest absolute Gasteiger partial charge is 0.481 e. The summed E-state index contributed by atoms with van der Waals surface area (Å²) in [5.74, 6) is -3.91. The molecule has 1 aliphatic rings. The van der Waals surface area contributed by atoms with Crippen LogP contribution in [0.3, 0.4) is 0 Å². The first kappa shape index (κ1) is 32.9. The van der Waals surface area contributed by atoms with Gasteiger partial charge in [0, 0.05) is 12.2 Å². The number of ether oxygens (including phenoxy) is 1. The van der Waals surface area contributed by atoms with Crippen LogP contribution in [0.25, 0.3) is 11.1 Å². The molecule has 0 aromatic heterocycles. The van der Waals surface area contributed by atoms with Gasteiger partial charge in [0.05, 0.1) is 24.3 Å². The Labute approximate surface area is 274 Å². The second kappa shape index (κ2) is 13.9. The number of carbonyl (C=O) groups excluding carboxylic acids is 3.